The smallest absolute Gasteiger partial charge is 0.294 e. The van der Waals surface area contributed by atoms with Crippen LogP contribution in [-0.4, -0.2) is 236 Å². The number of aromatic hydroxyl groups is 1. The number of benzene rings is 5. The number of rotatable bonds is 48. The van der Waals surface area contributed by atoms with Gasteiger partial charge in [0.05, 0.1) is 74.6 Å². The Morgan fingerprint density at radius 3 is 1.86 bits per heavy atom. The largest absolute Gasteiger partial charge is 0.508 e. The van der Waals surface area contributed by atoms with Gasteiger partial charge in [0.2, 0.25) is 47.0 Å². The van der Waals surface area contributed by atoms with E-state index in [0.29, 0.717) is 123 Å². The molecule has 4 atom stereocenters. The standard InChI is InChI=1S/C88H125N15O18S2/c1-61-81(108)99-71(25-22-43-94-85(89)90)83(110)100-72(57-63-29-32-64-23-13-14-24-65(64)55-63)82(109)97-60-80(107)98-73(56-62-30-33-66(104)34-31-62)84(111)102(61)45-20-10-9-19-42-96-86(91)95-41-18-8-7-17-40-92-79(106)39-47-118-49-51-120-53-54-121-52-50-119-48-44-93-78(105)28-12-11-21-46-103-75-38-36-68(123(115,116)117)59-70(75)88(4,5)77(103)27-16-15-26-76-87(2,3)69-58-67(122(112,113)114)35-37-74(69)101(76)6/h13-14,16,23-24,26-27,29-38,55,58-59,61,71-73H,7-12,15,17-22,25,28,39-54,56-57,60H2,1-6H3,(H15-,89,90,91,92,93,94,95,96,97,98,99,100,104,105,106,107,108,109,110,112,113,114,115,116,117)/p+1/b27-16+,76-26+/t61-,71+,72+,73-/m1/s1. The van der Waals surface area contributed by atoms with E-state index in [1.54, 1.807) is 31.2 Å². The van der Waals surface area contributed by atoms with Crippen molar-refractivity contribution in [3.63, 3.8) is 0 Å². The van der Waals surface area contributed by atoms with Gasteiger partial charge in [0, 0.05) is 113 Å². The number of carbonyl (C=O) groups is 7. The van der Waals surface area contributed by atoms with Crippen LogP contribution in [0.3, 0.4) is 0 Å². The number of hydrogen-bond acceptors (Lipinski definition) is 19. The molecule has 1 fully saturated rings. The second-order valence-electron chi connectivity index (χ2n) is 32.0. The first-order chi connectivity index (χ1) is 58.7. The van der Waals surface area contributed by atoms with E-state index in [1.807, 2.05) is 94.3 Å². The van der Waals surface area contributed by atoms with Crippen molar-refractivity contribution in [1.82, 2.24) is 42.1 Å². The van der Waals surface area contributed by atoms with Crippen LogP contribution in [-0.2, 0) is 96.4 Å². The van der Waals surface area contributed by atoms with Crippen LogP contribution >= 0.6 is 0 Å². The van der Waals surface area contributed by atoms with Crippen molar-refractivity contribution >= 4 is 101 Å². The molecule has 672 valence electrons. The highest BCUT2D eigenvalue weighted by molar-refractivity contribution is 7.86. The van der Waals surface area contributed by atoms with Gasteiger partial charge in [0.15, 0.2) is 17.6 Å². The van der Waals surface area contributed by atoms with Crippen molar-refractivity contribution in [2.75, 3.05) is 117 Å². The number of carbonyl (C=O) groups excluding carboxylic acids is 7. The monoisotopic (exact) mass is 1740 g/mol. The SMILES string of the molecule is C[C@@H]1C(=O)N[C@@H](CCCN=C(N)N)C(=O)N[C@@H](Cc2ccc3ccccc3c2)C(=O)NCC(=O)N[C@H](Cc2ccc(O)cc2)C(=O)N1CCCCCCNC(N)=NCCCCCCNC(=O)CCOCCOCCOCCOCCNC(=O)CCCCC[N+]1=C(/C=C/C/C=C2/N(C)c3ccc(S(=O)(=O)O)cc3C2(C)C)C(C)(C)c2cc(S(=O)(=O)O)ccc21. The third-order valence-electron chi connectivity index (χ3n) is 22.0. The summed E-state index contributed by atoms with van der Waals surface area (Å²) in [4.78, 5) is 108. The number of nitrogens with zero attached hydrogens (tertiary/aromatic N) is 5. The Kier molecular flexibility index (Phi) is 38.7. The van der Waals surface area contributed by atoms with Crippen LogP contribution in [0, 0.1) is 0 Å². The number of guanidine groups is 2. The van der Waals surface area contributed by atoms with E-state index in [9.17, 15) is 64.6 Å². The summed E-state index contributed by atoms with van der Waals surface area (Å²) < 4.78 is 92.6. The van der Waals surface area contributed by atoms with Crippen molar-refractivity contribution in [2.24, 2.45) is 27.2 Å². The minimum absolute atomic E-state index is 0.00617. The van der Waals surface area contributed by atoms with Gasteiger partial charge in [-0.2, -0.15) is 21.4 Å². The average Bonchev–Trinajstić information content (AvgIpc) is 1.59. The van der Waals surface area contributed by atoms with Crippen LogP contribution in [0.2, 0.25) is 0 Å². The number of amides is 7. The van der Waals surface area contributed by atoms with Crippen LogP contribution in [0.1, 0.15) is 160 Å². The molecule has 0 spiro atoms. The maximum Gasteiger partial charge on any atom is 0.294 e. The molecule has 8 rings (SSSR count). The number of ether oxygens (including phenoxy) is 4. The predicted molar refractivity (Wildman–Crippen MR) is 472 cm³/mol. The molecule has 7 amide bonds. The molecule has 1 saturated heterocycles. The lowest BCUT2D eigenvalue weighted by atomic mass is 9.81. The molecule has 16 N–H and O–H groups in total. The van der Waals surface area contributed by atoms with Gasteiger partial charge in [-0.15, -0.1) is 0 Å². The summed E-state index contributed by atoms with van der Waals surface area (Å²) in [5, 5.41) is 32.1. The molecule has 35 heteroatoms. The van der Waals surface area contributed by atoms with Crippen LogP contribution < -0.4 is 59.3 Å². The molecule has 0 aliphatic carbocycles. The number of allylic oxidation sites excluding steroid dienone is 4. The minimum atomic E-state index is -4.46. The van der Waals surface area contributed by atoms with Crippen molar-refractivity contribution < 1.29 is 88.1 Å². The molecule has 123 heavy (non-hydrogen) atoms. The summed E-state index contributed by atoms with van der Waals surface area (Å²) in [7, 11) is -6.93. The molecular formula is C88H126N15O18S2+. The van der Waals surface area contributed by atoms with Gasteiger partial charge < -0.3 is 88.3 Å². The van der Waals surface area contributed by atoms with Gasteiger partial charge in [-0.3, -0.25) is 52.7 Å². The zero-order chi connectivity index (χ0) is 89.1. The van der Waals surface area contributed by atoms with Crippen LogP contribution in [0.15, 0.2) is 147 Å². The van der Waals surface area contributed by atoms with Gasteiger partial charge in [0.25, 0.3) is 20.2 Å². The van der Waals surface area contributed by atoms with Crippen molar-refractivity contribution in [3.8, 4) is 5.75 Å². The molecule has 33 nitrogen and oxygen atoms in total. The summed E-state index contributed by atoms with van der Waals surface area (Å²) >= 11 is 0. The summed E-state index contributed by atoms with van der Waals surface area (Å²) in [5.74, 6) is -3.17. The molecule has 5 aromatic rings. The Balaban J connectivity index is 0.635. The fourth-order valence-corrected chi connectivity index (χ4v) is 16.2. The second kappa shape index (κ2) is 48.6. The quantitative estimate of drug-likeness (QED) is 0.00669. The van der Waals surface area contributed by atoms with Gasteiger partial charge >= 0.3 is 0 Å². The van der Waals surface area contributed by atoms with Gasteiger partial charge in [-0.05, 0) is 148 Å². The summed E-state index contributed by atoms with van der Waals surface area (Å²) in [5.41, 5.74) is 22.6. The number of likely N-dealkylation sites (N-methyl/N-ethyl adjacent to an activating group) is 1. The van der Waals surface area contributed by atoms with Crippen molar-refractivity contribution in [1.29, 1.82) is 0 Å². The number of hydrogen-bond donors (Lipinski definition) is 13. The Bertz CT molecular complexity index is 4800. The molecule has 0 unspecified atom stereocenters. The molecule has 5 aromatic carbocycles. The highest BCUT2D eigenvalue weighted by Crippen LogP contribution is 2.48. The lowest BCUT2D eigenvalue weighted by Gasteiger charge is -2.33. The highest BCUT2D eigenvalue weighted by atomic mass is 32.2. The molecule has 3 aliphatic heterocycles. The predicted octanol–water partition coefficient (Wildman–Crippen LogP) is 6.29. The van der Waals surface area contributed by atoms with Gasteiger partial charge in [-0.25, -0.2) is 0 Å². The third kappa shape index (κ3) is 31.1. The normalized spacial score (nSPS) is 18.1. The number of anilines is 1. The fraction of sp³-hybridized carbons (Fsp3) is 0.523. The van der Waals surface area contributed by atoms with Crippen molar-refractivity contribution in [3.05, 3.63) is 149 Å². The zero-order valence-corrected chi connectivity index (χ0v) is 73.3. The first-order valence-electron chi connectivity index (χ1n) is 42.4. The Labute approximate surface area is 722 Å². The maximum atomic E-state index is 14.8. The minimum Gasteiger partial charge on any atom is -0.508 e. The first kappa shape index (κ1) is 98.0. The molecule has 0 aromatic heterocycles. The van der Waals surface area contributed by atoms with Gasteiger partial charge in [-0.1, -0.05) is 106 Å². The van der Waals surface area contributed by atoms with E-state index >= 15 is 0 Å². The highest BCUT2D eigenvalue weighted by Gasteiger charge is 2.46. The number of phenols is 1. The number of fused-ring (bicyclic) bond motifs is 3. The van der Waals surface area contributed by atoms with E-state index < -0.39 is 91.3 Å². The van der Waals surface area contributed by atoms with E-state index in [-0.39, 0.29) is 85.1 Å². The Morgan fingerprint density at radius 2 is 1.17 bits per heavy atom. The number of aliphatic imine (C=N–C) groups is 2. The average molecular weight is 1750 g/mol. The van der Waals surface area contributed by atoms with E-state index in [0.717, 1.165) is 102 Å². The van der Waals surface area contributed by atoms with Crippen molar-refractivity contribution in [2.45, 2.75) is 195 Å². The molecular weight excluding hydrogens is 1620 g/mol. The molecule has 3 aliphatic rings. The van der Waals surface area contributed by atoms with E-state index in [4.69, 9.17) is 36.1 Å². The third-order valence-corrected chi connectivity index (χ3v) is 23.7. The number of unbranched alkanes of at least 4 members (excludes halogenated alkanes) is 8. The summed E-state index contributed by atoms with van der Waals surface area (Å²) in [6, 6.07) is 24.1. The summed E-state index contributed by atoms with van der Waals surface area (Å²) in [6.45, 7) is 14.6. The van der Waals surface area contributed by atoms with E-state index in [2.05, 4.69) is 57.9 Å². The maximum absolute atomic E-state index is 14.8. The number of phenolic OH excluding ortho intramolecular Hbond substituents is 1. The van der Waals surface area contributed by atoms with E-state index in [1.165, 1.54) is 41.3 Å². The summed E-state index contributed by atoms with van der Waals surface area (Å²) in [6.07, 6.45) is 15.8. The van der Waals surface area contributed by atoms with Gasteiger partial charge in [0.1, 0.15) is 36.5 Å². The molecule has 0 bridgehead atoms. The second-order valence-corrected chi connectivity index (χ2v) is 34.8. The van der Waals surface area contributed by atoms with Crippen LogP contribution in [0.25, 0.3) is 10.8 Å². The van der Waals surface area contributed by atoms with Crippen LogP contribution in [0.4, 0.5) is 11.4 Å². The topological polar surface area (TPSA) is 482 Å². The Morgan fingerprint density at radius 1 is 0.585 bits per heavy atom. The lowest BCUT2D eigenvalue weighted by molar-refractivity contribution is -0.438. The molecule has 0 saturated carbocycles. The lowest BCUT2D eigenvalue weighted by Crippen LogP contribution is -2.58. The number of nitrogens with one attached hydrogen (secondary N) is 7. The van der Waals surface area contributed by atoms with Crippen LogP contribution in [0.5, 0.6) is 5.75 Å². The number of nitrogens with two attached hydrogens (primary N) is 3. The molecule has 3 heterocycles. The Hall–Kier alpha value is -10.4. The first-order valence-corrected chi connectivity index (χ1v) is 45.3. The zero-order valence-electron chi connectivity index (χ0n) is 71.6. The molecule has 0 radical (unpaired) electrons. The fourth-order valence-electron chi connectivity index (χ4n) is 15.2.